The first-order valence-electron chi connectivity index (χ1n) is 3.99. The summed E-state index contributed by atoms with van der Waals surface area (Å²) >= 11 is 0. The zero-order valence-corrected chi connectivity index (χ0v) is 7.30. The fraction of sp³-hybridized carbons (Fsp3) is 0.222. The Labute approximate surface area is 82.4 Å². The second kappa shape index (κ2) is 3.15. The Kier molecular flexibility index (Phi) is 2.06. The maximum atomic E-state index is 12.1. The number of alkyl halides is 3. The van der Waals surface area contributed by atoms with E-state index in [0.29, 0.717) is 5.75 Å². The van der Waals surface area contributed by atoms with Crippen LogP contribution in [-0.4, -0.2) is 18.8 Å². The van der Waals surface area contributed by atoms with Crippen LogP contribution in [-0.2, 0) is 0 Å². The first-order chi connectivity index (χ1) is 6.98. The molecule has 0 radical (unpaired) electrons. The minimum Gasteiger partial charge on any atom is -0.454 e. The van der Waals surface area contributed by atoms with Crippen LogP contribution in [0.25, 0.3) is 0 Å². The smallest absolute Gasteiger partial charge is 0.454 e. The minimum absolute atomic E-state index is 0.0427. The molecule has 0 aromatic heterocycles. The van der Waals surface area contributed by atoms with Gasteiger partial charge in [-0.3, -0.25) is 4.79 Å². The average molecular weight is 218 g/mol. The van der Waals surface area contributed by atoms with Crippen molar-refractivity contribution in [2.24, 2.45) is 0 Å². The van der Waals surface area contributed by atoms with Crippen molar-refractivity contribution >= 4 is 5.78 Å². The highest BCUT2D eigenvalue weighted by atomic mass is 19.4. The highest BCUT2D eigenvalue weighted by molar-refractivity contribution is 6.00. The van der Waals surface area contributed by atoms with E-state index in [9.17, 15) is 18.0 Å². The molecule has 0 unspecified atom stereocenters. The predicted molar refractivity (Wildman–Crippen MR) is 43.0 cm³/mol. The molecule has 1 aromatic rings. The van der Waals surface area contributed by atoms with Crippen molar-refractivity contribution in [3.63, 3.8) is 0 Å². The third-order valence-corrected chi connectivity index (χ3v) is 1.89. The van der Waals surface area contributed by atoms with E-state index < -0.39 is 17.5 Å². The molecule has 0 N–H and O–H groups in total. The largest absolute Gasteiger partial charge is 0.454 e. The number of hydrogen-bond donors (Lipinski definition) is 0. The maximum Gasteiger partial charge on any atom is 0.454 e. The van der Waals surface area contributed by atoms with Crippen LogP contribution in [0.3, 0.4) is 0 Å². The summed E-state index contributed by atoms with van der Waals surface area (Å²) in [6.45, 7) is -0.0427. The Bertz CT molecular complexity index is 412. The lowest BCUT2D eigenvalue weighted by Crippen LogP contribution is -2.22. The fourth-order valence-electron chi connectivity index (χ4n) is 1.20. The van der Waals surface area contributed by atoms with E-state index >= 15 is 0 Å². The molecular weight excluding hydrogens is 213 g/mol. The van der Waals surface area contributed by atoms with Crippen molar-refractivity contribution < 1.29 is 27.4 Å². The normalized spacial score (nSPS) is 14.1. The number of halogens is 3. The Morgan fingerprint density at radius 1 is 1.20 bits per heavy atom. The molecule has 0 saturated heterocycles. The summed E-state index contributed by atoms with van der Waals surface area (Å²) in [7, 11) is 0. The van der Waals surface area contributed by atoms with Crippen LogP contribution in [0.15, 0.2) is 18.2 Å². The highest BCUT2D eigenvalue weighted by Gasteiger charge is 2.39. The monoisotopic (exact) mass is 218 g/mol. The quantitative estimate of drug-likeness (QED) is 0.677. The number of hydrogen-bond acceptors (Lipinski definition) is 3. The molecule has 0 bridgehead atoms. The molecule has 80 valence electrons. The van der Waals surface area contributed by atoms with Crippen molar-refractivity contribution in [3.05, 3.63) is 23.8 Å². The summed E-state index contributed by atoms with van der Waals surface area (Å²) in [6, 6.07) is 3.36. The van der Waals surface area contributed by atoms with Crippen LogP contribution in [0.5, 0.6) is 11.5 Å². The van der Waals surface area contributed by atoms with Gasteiger partial charge >= 0.3 is 6.18 Å². The molecule has 0 amide bonds. The summed E-state index contributed by atoms with van der Waals surface area (Å²) in [5, 5.41) is 0. The summed E-state index contributed by atoms with van der Waals surface area (Å²) < 4.78 is 46.0. The van der Waals surface area contributed by atoms with Crippen molar-refractivity contribution in [1.29, 1.82) is 0 Å². The van der Waals surface area contributed by atoms with Gasteiger partial charge in [-0.2, -0.15) is 13.2 Å². The Hall–Kier alpha value is -1.72. The number of carbonyl (C=O) groups excluding carboxylic acids is 1. The number of carbonyl (C=O) groups is 1. The van der Waals surface area contributed by atoms with Gasteiger partial charge in [-0.15, -0.1) is 0 Å². The molecule has 3 nitrogen and oxygen atoms in total. The number of fused-ring (bicyclic) bond motifs is 1. The van der Waals surface area contributed by atoms with Crippen LogP contribution in [0.1, 0.15) is 10.4 Å². The lowest BCUT2D eigenvalue weighted by Gasteiger charge is -2.05. The second-order valence-electron chi connectivity index (χ2n) is 2.89. The van der Waals surface area contributed by atoms with Gasteiger partial charge in [-0.05, 0) is 18.2 Å². The lowest BCUT2D eigenvalue weighted by molar-refractivity contribution is -0.0885. The Balaban J connectivity index is 2.35. The van der Waals surface area contributed by atoms with Crippen molar-refractivity contribution in [1.82, 2.24) is 0 Å². The molecule has 1 aliphatic rings. The predicted octanol–water partition coefficient (Wildman–Crippen LogP) is 2.16. The number of Topliss-reactive ketones (excluding diaryl/α,β-unsaturated/α-hetero) is 1. The number of ketones is 1. The van der Waals surface area contributed by atoms with E-state index in [0.717, 1.165) is 12.1 Å². The molecule has 0 fully saturated rings. The van der Waals surface area contributed by atoms with Crippen LogP contribution in [0.2, 0.25) is 0 Å². The van der Waals surface area contributed by atoms with Gasteiger partial charge in [0.25, 0.3) is 5.78 Å². The van der Waals surface area contributed by atoms with E-state index in [2.05, 4.69) is 0 Å². The van der Waals surface area contributed by atoms with Gasteiger partial charge in [-0.1, -0.05) is 0 Å². The fourth-order valence-corrected chi connectivity index (χ4v) is 1.20. The van der Waals surface area contributed by atoms with Crippen molar-refractivity contribution in [2.75, 3.05) is 6.79 Å². The third kappa shape index (κ3) is 1.74. The van der Waals surface area contributed by atoms with Crippen LogP contribution >= 0.6 is 0 Å². The Morgan fingerprint density at radius 2 is 1.87 bits per heavy atom. The molecular formula is C9H5F3O3. The van der Waals surface area contributed by atoms with Crippen LogP contribution < -0.4 is 9.47 Å². The standard InChI is InChI=1S/C9H5F3O3/c10-9(11,12)8(13)5-1-2-6-7(3-5)15-4-14-6/h1-3H,4H2. The lowest BCUT2D eigenvalue weighted by atomic mass is 10.1. The summed E-state index contributed by atoms with van der Waals surface area (Å²) in [5.74, 6) is -1.39. The molecule has 0 atom stereocenters. The topological polar surface area (TPSA) is 35.5 Å². The molecule has 0 saturated carbocycles. The van der Waals surface area contributed by atoms with E-state index in [-0.39, 0.29) is 12.5 Å². The van der Waals surface area contributed by atoms with Gasteiger partial charge in [-0.25, -0.2) is 0 Å². The molecule has 2 rings (SSSR count). The van der Waals surface area contributed by atoms with E-state index in [1.165, 1.54) is 6.07 Å². The molecule has 1 aromatic carbocycles. The van der Waals surface area contributed by atoms with Gasteiger partial charge in [0, 0.05) is 5.56 Å². The number of ether oxygens (including phenoxy) is 2. The van der Waals surface area contributed by atoms with E-state index in [4.69, 9.17) is 9.47 Å². The molecule has 0 aliphatic carbocycles. The molecule has 1 aliphatic heterocycles. The first kappa shape index (κ1) is 9.82. The van der Waals surface area contributed by atoms with Gasteiger partial charge in [0.1, 0.15) is 0 Å². The molecule has 15 heavy (non-hydrogen) atoms. The van der Waals surface area contributed by atoms with E-state index in [1.807, 2.05) is 0 Å². The molecule has 0 spiro atoms. The number of rotatable bonds is 1. The summed E-state index contributed by atoms with van der Waals surface area (Å²) in [6.07, 6.45) is -4.87. The summed E-state index contributed by atoms with van der Waals surface area (Å²) in [4.78, 5) is 10.8. The van der Waals surface area contributed by atoms with Crippen LogP contribution in [0.4, 0.5) is 13.2 Å². The highest BCUT2D eigenvalue weighted by Crippen LogP contribution is 2.34. The first-order valence-corrected chi connectivity index (χ1v) is 3.99. The van der Waals surface area contributed by atoms with Gasteiger partial charge in [0.2, 0.25) is 6.79 Å². The average Bonchev–Trinajstić information content (AvgIpc) is 2.61. The van der Waals surface area contributed by atoms with Gasteiger partial charge in [0.05, 0.1) is 0 Å². The SMILES string of the molecule is O=C(c1ccc2c(c1)OCO2)C(F)(F)F. The molecule has 6 heteroatoms. The van der Waals surface area contributed by atoms with E-state index in [1.54, 1.807) is 0 Å². The van der Waals surface area contributed by atoms with Crippen molar-refractivity contribution in [3.8, 4) is 11.5 Å². The zero-order chi connectivity index (χ0) is 11.1. The third-order valence-electron chi connectivity index (χ3n) is 1.89. The Morgan fingerprint density at radius 3 is 2.53 bits per heavy atom. The summed E-state index contributed by atoms with van der Waals surface area (Å²) in [5.41, 5.74) is -0.452. The maximum absolute atomic E-state index is 12.1. The minimum atomic E-state index is -4.87. The van der Waals surface area contributed by atoms with Gasteiger partial charge < -0.3 is 9.47 Å². The van der Waals surface area contributed by atoms with Crippen LogP contribution in [0, 0.1) is 0 Å². The second-order valence-corrected chi connectivity index (χ2v) is 2.89. The van der Waals surface area contributed by atoms with Crippen molar-refractivity contribution in [2.45, 2.75) is 6.18 Å². The zero-order valence-electron chi connectivity index (χ0n) is 7.30. The van der Waals surface area contributed by atoms with Gasteiger partial charge in [0.15, 0.2) is 11.5 Å². The molecule has 1 heterocycles. The number of benzene rings is 1.